The summed E-state index contributed by atoms with van der Waals surface area (Å²) in [7, 11) is 0. The Bertz CT molecular complexity index is 211. The zero-order chi connectivity index (χ0) is 11.3. The fourth-order valence-corrected chi connectivity index (χ4v) is 2.05. The maximum Gasteiger partial charge on any atom is 0.0740 e. The van der Waals surface area contributed by atoms with Crippen molar-refractivity contribution in [1.82, 2.24) is 4.90 Å². The van der Waals surface area contributed by atoms with Crippen molar-refractivity contribution in [2.24, 2.45) is 5.73 Å². The Morgan fingerprint density at radius 1 is 1.53 bits per heavy atom. The average Bonchev–Trinajstić information content (AvgIpc) is 2.58. The number of ether oxygens (including phenoxy) is 1. The molecule has 0 aromatic carbocycles. The van der Waals surface area contributed by atoms with Crippen LogP contribution in [0.4, 0.5) is 0 Å². The molecule has 0 aromatic rings. The van der Waals surface area contributed by atoms with Crippen molar-refractivity contribution in [3.63, 3.8) is 0 Å². The predicted molar refractivity (Wildman–Crippen MR) is 67.1 cm³/mol. The number of likely N-dealkylation sites (N-methyl/N-ethyl adjacent to an activating group) is 1. The molecule has 0 saturated carbocycles. The van der Waals surface area contributed by atoms with Crippen LogP contribution < -0.4 is 5.73 Å². The van der Waals surface area contributed by atoms with Crippen LogP contribution in [0.15, 0.2) is 0 Å². The highest BCUT2D eigenvalue weighted by atomic mass is 32.1. The first-order valence-corrected chi connectivity index (χ1v) is 6.18. The summed E-state index contributed by atoms with van der Waals surface area (Å²) in [4.78, 5) is 2.97. The molecule has 0 aromatic heterocycles. The topological polar surface area (TPSA) is 38.5 Å². The molecule has 0 bridgehead atoms. The Balaban J connectivity index is 2.23. The second kappa shape index (κ2) is 6.40. The lowest BCUT2D eigenvalue weighted by atomic mass is 10.2. The monoisotopic (exact) mass is 230 g/mol. The third-order valence-corrected chi connectivity index (χ3v) is 3.11. The Hall–Kier alpha value is -0.190. The molecule has 1 aliphatic heterocycles. The van der Waals surface area contributed by atoms with Crippen molar-refractivity contribution in [2.45, 2.75) is 45.3 Å². The first-order chi connectivity index (χ1) is 7.11. The highest BCUT2D eigenvalue weighted by Gasteiger charge is 2.23. The zero-order valence-electron chi connectivity index (χ0n) is 9.74. The van der Waals surface area contributed by atoms with Gasteiger partial charge in [-0.05, 0) is 26.3 Å². The van der Waals surface area contributed by atoms with Crippen LogP contribution in [0.2, 0.25) is 0 Å². The van der Waals surface area contributed by atoms with Crippen molar-refractivity contribution in [2.75, 3.05) is 19.6 Å². The molecule has 2 N–H and O–H groups in total. The third-order valence-electron chi connectivity index (χ3n) is 2.90. The smallest absolute Gasteiger partial charge is 0.0740 e. The molecule has 1 rings (SSSR count). The largest absolute Gasteiger partial charge is 0.393 e. The molecule has 0 spiro atoms. The SMILES string of the molecule is CCN(CCC(N)=S)CC1CCC(C)O1. The standard InChI is InChI=1S/C11H22N2OS/c1-3-13(7-6-11(12)15)8-10-5-4-9(2)14-10/h9-10H,3-8H2,1-2H3,(H2,12,15). The van der Waals surface area contributed by atoms with Gasteiger partial charge in [-0.15, -0.1) is 0 Å². The van der Waals surface area contributed by atoms with E-state index in [0.717, 1.165) is 26.1 Å². The van der Waals surface area contributed by atoms with Gasteiger partial charge < -0.3 is 15.4 Å². The minimum Gasteiger partial charge on any atom is -0.393 e. The maximum atomic E-state index is 5.79. The molecule has 15 heavy (non-hydrogen) atoms. The summed E-state index contributed by atoms with van der Waals surface area (Å²) in [6, 6.07) is 0. The van der Waals surface area contributed by atoms with Gasteiger partial charge >= 0.3 is 0 Å². The van der Waals surface area contributed by atoms with Crippen LogP contribution in [0.3, 0.4) is 0 Å². The zero-order valence-corrected chi connectivity index (χ0v) is 10.6. The maximum absolute atomic E-state index is 5.79. The van der Waals surface area contributed by atoms with Gasteiger partial charge in [-0.3, -0.25) is 0 Å². The van der Waals surface area contributed by atoms with Gasteiger partial charge in [0.05, 0.1) is 17.2 Å². The van der Waals surface area contributed by atoms with Crippen molar-refractivity contribution >= 4 is 17.2 Å². The van der Waals surface area contributed by atoms with E-state index in [1.165, 1.54) is 12.8 Å². The van der Waals surface area contributed by atoms with Gasteiger partial charge in [0.1, 0.15) is 0 Å². The molecule has 1 aliphatic rings. The molecular weight excluding hydrogens is 208 g/mol. The van der Waals surface area contributed by atoms with Gasteiger partial charge in [0.2, 0.25) is 0 Å². The molecule has 0 radical (unpaired) electrons. The molecule has 3 nitrogen and oxygen atoms in total. The second-order valence-electron chi connectivity index (χ2n) is 4.26. The highest BCUT2D eigenvalue weighted by molar-refractivity contribution is 7.80. The van der Waals surface area contributed by atoms with E-state index in [0.29, 0.717) is 17.2 Å². The van der Waals surface area contributed by atoms with Crippen molar-refractivity contribution in [3.05, 3.63) is 0 Å². The second-order valence-corrected chi connectivity index (χ2v) is 4.78. The number of nitrogens with two attached hydrogens (primary N) is 1. The van der Waals surface area contributed by atoms with Gasteiger partial charge in [-0.1, -0.05) is 19.1 Å². The summed E-state index contributed by atoms with van der Waals surface area (Å²) in [5, 5.41) is 0. The van der Waals surface area contributed by atoms with Crippen LogP contribution in [0.1, 0.15) is 33.1 Å². The van der Waals surface area contributed by atoms with Gasteiger partial charge in [0.15, 0.2) is 0 Å². The number of hydrogen-bond donors (Lipinski definition) is 1. The fraction of sp³-hybridized carbons (Fsp3) is 0.909. The van der Waals surface area contributed by atoms with Crippen LogP contribution >= 0.6 is 12.2 Å². The van der Waals surface area contributed by atoms with Crippen LogP contribution in [-0.4, -0.2) is 41.7 Å². The first-order valence-electron chi connectivity index (χ1n) is 5.78. The van der Waals surface area contributed by atoms with Crippen LogP contribution in [-0.2, 0) is 4.74 Å². The number of nitrogens with zero attached hydrogens (tertiary/aromatic N) is 1. The summed E-state index contributed by atoms with van der Waals surface area (Å²) < 4.78 is 5.79. The molecule has 2 atom stereocenters. The normalized spacial score (nSPS) is 26.1. The molecule has 4 heteroatoms. The Kier molecular flexibility index (Phi) is 5.50. The van der Waals surface area contributed by atoms with E-state index in [2.05, 4.69) is 18.7 Å². The van der Waals surface area contributed by atoms with E-state index in [4.69, 9.17) is 22.7 Å². The molecule has 1 fully saturated rings. The van der Waals surface area contributed by atoms with Gasteiger partial charge in [-0.25, -0.2) is 0 Å². The van der Waals surface area contributed by atoms with Crippen molar-refractivity contribution < 1.29 is 4.74 Å². The summed E-state index contributed by atoms with van der Waals surface area (Å²) in [6.45, 7) is 7.32. The molecule has 1 saturated heterocycles. The lowest BCUT2D eigenvalue weighted by molar-refractivity contribution is 0.0330. The lowest BCUT2D eigenvalue weighted by Gasteiger charge is -2.23. The van der Waals surface area contributed by atoms with E-state index < -0.39 is 0 Å². The summed E-state index contributed by atoms with van der Waals surface area (Å²) in [6.07, 6.45) is 4.03. The summed E-state index contributed by atoms with van der Waals surface area (Å²) in [5.74, 6) is 0. The van der Waals surface area contributed by atoms with E-state index in [-0.39, 0.29) is 0 Å². The number of thiocarbonyl (C=S) groups is 1. The lowest BCUT2D eigenvalue weighted by Crippen LogP contribution is -2.34. The van der Waals surface area contributed by atoms with Crippen molar-refractivity contribution in [3.8, 4) is 0 Å². The molecule has 0 amide bonds. The Morgan fingerprint density at radius 2 is 2.27 bits per heavy atom. The van der Waals surface area contributed by atoms with Gasteiger partial charge in [-0.2, -0.15) is 0 Å². The molecular formula is C11H22N2OS. The number of rotatable bonds is 6. The Labute approximate surface area is 98.0 Å². The molecule has 0 aliphatic carbocycles. The summed E-state index contributed by atoms with van der Waals surface area (Å²) >= 11 is 4.88. The minimum atomic E-state index is 0.409. The van der Waals surface area contributed by atoms with E-state index >= 15 is 0 Å². The van der Waals surface area contributed by atoms with Crippen LogP contribution in [0.25, 0.3) is 0 Å². The third kappa shape index (κ3) is 4.91. The quantitative estimate of drug-likeness (QED) is 0.703. The van der Waals surface area contributed by atoms with E-state index in [9.17, 15) is 0 Å². The Morgan fingerprint density at radius 3 is 2.73 bits per heavy atom. The van der Waals surface area contributed by atoms with Crippen LogP contribution in [0, 0.1) is 0 Å². The summed E-state index contributed by atoms with van der Waals surface area (Å²) in [5.41, 5.74) is 5.50. The van der Waals surface area contributed by atoms with E-state index in [1.54, 1.807) is 0 Å². The predicted octanol–water partition coefficient (Wildman–Crippen LogP) is 1.55. The first kappa shape index (κ1) is 12.9. The fourth-order valence-electron chi connectivity index (χ4n) is 1.95. The van der Waals surface area contributed by atoms with E-state index in [1.807, 2.05) is 0 Å². The highest BCUT2D eigenvalue weighted by Crippen LogP contribution is 2.19. The molecule has 88 valence electrons. The minimum absolute atomic E-state index is 0.409. The van der Waals surface area contributed by atoms with Crippen LogP contribution in [0.5, 0.6) is 0 Å². The van der Waals surface area contributed by atoms with Gasteiger partial charge in [0, 0.05) is 19.5 Å². The van der Waals surface area contributed by atoms with Crippen molar-refractivity contribution in [1.29, 1.82) is 0 Å². The number of hydrogen-bond acceptors (Lipinski definition) is 3. The molecule has 2 unspecified atom stereocenters. The molecule has 1 heterocycles. The average molecular weight is 230 g/mol. The van der Waals surface area contributed by atoms with Gasteiger partial charge in [0.25, 0.3) is 0 Å².